The van der Waals surface area contributed by atoms with Gasteiger partial charge in [0.2, 0.25) is 11.3 Å². The van der Waals surface area contributed by atoms with Gasteiger partial charge in [0, 0.05) is 30.1 Å². The molecule has 3 atom stereocenters. The van der Waals surface area contributed by atoms with E-state index in [0.29, 0.717) is 30.5 Å². The monoisotopic (exact) mass is 461 g/mol. The van der Waals surface area contributed by atoms with Gasteiger partial charge < -0.3 is 24.6 Å². The van der Waals surface area contributed by atoms with Crippen LogP contribution in [0.1, 0.15) is 34.8 Å². The predicted octanol–water partition coefficient (Wildman–Crippen LogP) is 2.14. The lowest BCUT2D eigenvalue weighted by atomic mass is 10.0. The van der Waals surface area contributed by atoms with Crippen LogP contribution in [-0.2, 0) is 14.3 Å². The van der Waals surface area contributed by atoms with Gasteiger partial charge in [0.15, 0.2) is 5.72 Å². The number of para-hydroxylation sites is 1. The molecule has 1 aromatic heterocycles. The Hall–Kier alpha value is -3.98. The molecule has 2 N–H and O–H groups in total. The number of aromatic amines is 1. The molecular weight excluding hydrogens is 438 g/mol. The number of hydrogen-bond donors (Lipinski definition) is 2. The minimum atomic E-state index is -0.809. The number of fused-ring (bicyclic) bond motifs is 1. The number of nitrogens with zero attached hydrogens (tertiary/aromatic N) is 2. The number of aromatic nitrogens is 1. The highest BCUT2D eigenvalue weighted by Crippen LogP contribution is 2.51. The summed E-state index contributed by atoms with van der Waals surface area (Å²) in [5.74, 6) is -0.364. The van der Waals surface area contributed by atoms with Crippen molar-refractivity contribution in [2.45, 2.75) is 30.7 Å². The highest BCUT2D eigenvalue weighted by Gasteiger charge is 2.65. The summed E-state index contributed by atoms with van der Waals surface area (Å²) in [6, 6.07) is 16.4. The lowest BCUT2D eigenvalue weighted by Gasteiger charge is -2.33. The fourth-order valence-corrected chi connectivity index (χ4v) is 5.49. The van der Waals surface area contributed by atoms with Gasteiger partial charge in [0.05, 0.1) is 25.1 Å². The Labute approximate surface area is 194 Å². The molecule has 3 saturated heterocycles. The molecular formula is C25H23N3O6. The van der Waals surface area contributed by atoms with Crippen molar-refractivity contribution >= 4 is 29.2 Å². The molecule has 0 saturated carbocycles. The summed E-state index contributed by atoms with van der Waals surface area (Å²) in [4.78, 5) is 54.3. The number of hydrogen-bond acceptors (Lipinski definition) is 5. The SMILES string of the molecule is O=C(c1c[nH]c2ccccc2c1=O)N1CC[C@@]23OC[C@@H](c4ccccc4)N2C(=O)C[C@@H]13.O=CO. The number of ether oxygens (including phenoxy) is 1. The van der Waals surface area contributed by atoms with E-state index >= 15 is 0 Å². The van der Waals surface area contributed by atoms with Crippen molar-refractivity contribution in [1.82, 2.24) is 14.8 Å². The van der Waals surface area contributed by atoms with Crippen LogP contribution in [0.4, 0.5) is 0 Å². The van der Waals surface area contributed by atoms with E-state index in [1.807, 2.05) is 41.3 Å². The first-order chi connectivity index (χ1) is 16.5. The molecule has 9 nitrogen and oxygen atoms in total. The summed E-state index contributed by atoms with van der Waals surface area (Å²) in [7, 11) is 0. The van der Waals surface area contributed by atoms with Crippen LogP contribution in [0, 0.1) is 0 Å². The lowest BCUT2D eigenvalue weighted by molar-refractivity contribution is -0.138. The van der Waals surface area contributed by atoms with Crippen LogP contribution < -0.4 is 5.43 Å². The Morgan fingerprint density at radius 3 is 2.59 bits per heavy atom. The first-order valence-electron chi connectivity index (χ1n) is 11.0. The molecule has 9 heteroatoms. The summed E-state index contributed by atoms with van der Waals surface area (Å²) in [5.41, 5.74) is 0.713. The third kappa shape index (κ3) is 3.19. The molecule has 6 rings (SSSR count). The fraction of sp³-hybridized carbons (Fsp3) is 0.280. The second kappa shape index (κ2) is 8.42. The summed E-state index contributed by atoms with van der Waals surface area (Å²) in [6.07, 6.45) is 2.24. The van der Waals surface area contributed by atoms with Crippen LogP contribution in [0.25, 0.3) is 10.9 Å². The predicted molar refractivity (Wildman–Crippen MR) is 122 cm³/mol. The van der Waals surface area contributed by atoms with Gasteiger partial charge in [0.1, 0.15) is 5.56 Å². The van der Waals surface area contributed by atoms with E-state index in [1.54, 1.807) is 23.1 Å². The highest BCUT2D eigenvalue weighted by atomic mass is 16.5. The van der Waals surface area contributed by atoms with E-state index in [2.05, 4.69) is 4.98 Å². The van der Waals surface area contributed by atoms with Crippen molar-refractivity contribution in [1.29, 1.82) is 0 Å². The maximum Gasteiger partial charge on any atom is 0.290 e. The third-order valence-electron chi connectivity index (χ3n) is 6.92. The van der Waals surface area contributed by atoms with Crippen LogP contribution in [-0.4, -0.2) is 63.1 Å². The molecule has 0 bridgehead atoms. The lowest BCUT2D eigenvalue weighted by Crippen LogP contribution is -2.49. The van der Waals surface area contributed by atoms with Crippen molar-refractivity contribution in [3.05, 3.63) is 82.1 Å². The highest BCUT2D eigenvalue weighted by molar-refractivity contribution is 5.98. The number of amides is 2. The normalized spacial score (nSPS) is 25.0. The Kier molecular flexibility index (Phi) is 5.41. The van der Waals surface area contributed by atoms with Crippen LogP contribution in [0.15, 0.2) is 65.6 Å². The van der Waals surface area contributed by atoms with E-state index in [9.17, 15) is 14.4 Å². The topological polar surface area (TPSA) is 120 Å². The van der Waals surface area contributed by atoms with Gasteiger partial charge in [-0.1, -0.05) is 42.5 Å². The molecule has 1 spiro atoms. The number of carbonyl (C=O) groups is 3. The molecule has 3 aliphatic heterocycles. The number of H-pyrrole nitrogens is 1. The zero-order chi connectivity index (χ0) is 23.9. The number of carboxylic acid groups (broad SMARTS) is 1. The second-order valence-corrected chi connectivity index (χ2v) is 8.50. The standard InChI is InChI=1S/C24H21N3O4.CH2O2/c28-21-12-20-24(27(21)19(14-31-24)15-6-2-1-3-7-15)10-11-26(20)23(30)17-13-25-18-9-5-4-8-16(18)22(17)29;2-1-3/h1-9,13,19-20H,10-12,14H2,(H,25,29);1H,(H,2,3)/t19-,20+,24-;/m0./s1. The molecule has 2 amide bonds. The zero-order valence-corrected chi connectivity index (χ0v) is 18.2. The largest absolute Gasteiger partial charge is 0.483 e. The van der Waals surface area contributed by atoms with Crippen molar-refractivity contribution in [3.63, 3.8) is 0 Å². The average Bonchev–Trinajstić information content (AvgIpc) is 3.49. The van der Waals surface area contributed by atoms with E-state index in [1.165, 1.54) is 6.20 Å². The number of carbonyl (C=O) groups excluding carboxylic acids is 2. The van der Waals surface area contributed by atoms with Crippen LogP contribution in [0.3, 0.4) is 0 Å². The number of likely N-dealkylation sites (tertiary alicyclic amines) is 1. The van der Waals surface area contributed by atoms with Crippen molar-refractivity contribution in [2.75, 3.05) is 13.2 Å². The summed E-state index contributed by atoms with van der Waals surface area (Å²) < 4.78 is 6.27. The third-order valence-corrected chi connectivity index (χ3v) is 6.92. The summed E-state index contributed by atoms with van der Waals surface area (Å²) in [6.45, 7) is 0.603. The van der Waals surface area contributed by atoms with E-state index < -0.39 is 11.8 Å². The quantitative estimate of drug-likeness (QED) is 0.565. The molecule has 3 aliphatic rings. The van der Waals surface area contributed by atoms with E-state index in [-0.39, 0.29) is 41.7 Å². The number of pyridine rings is 1. The summed E-state index contributed by atoms with van der Waals surface area (Å²) >= 11 is 0. The van der Waals surface area contributed by atoms with Gasteiger partial charge in [-0.15, -0.1) is 0 Å². The Morgan fingerprint density at radius 2 is 1.82 bits per heavy atom. The molecule has 0 radical (unpaired) electrons. The smallest absolute Gasteiger partial charge is 0.290 e. The molecule has 0 aliphatic carbocycles. The maximum absolute atomic E-state index is 13.4. The van der Waals surface area contributed by atoms with Gasteiger partial charge in [0.25, 0.3) is 12.4 Å². The number of rotatable bonds is 2. The van der Waals surface area contributed by atoms with Crippen molar-refractivity contribution in [2.24, 2.45) is 0 Å². The van der Waals surface area contributed by atoms with Crippen molar-refractivity contribution in [3.8, 4) is 0 Å². The number of nitrogens with one attached hydrogen (secondary N) is 1. The maximum atomic E-state index is 13.4. The molecule has 34 heavy (non-hydrogen) atoms. The Morgan fingerprint density at radius 1 is 1.12 bits per heavy atom. The van der Waals surface area contributed by atoms with Crippen LogP contribution >= 0.6 is 0 Å². The number of benzene rings is 2. The molecule has 0 unspecified atom stereocenters. The fourth-order valence-electron chi connectivity index (χ4n) is 5.49. The molecule has 2 aromatic carbocycles. The Balaban J connectivity index is 0.000000764. The first kappa shape index (κ1) is 21.8. The van der Waals surface area contributed by atoms with E-state index in [0.717, 1.165) is 5.56 Å². The summed E-state index contributed by atoms with van der Waals surface area (Å²) in [5, 5.41) is 7.37. The minimum absolute atomic E-state index is 0.0127. The van der Waals surface area contributed by atoms with Crippen molar-refractivity contribution < 1.29 is 24.2 Å². The Bertz CT molecular complexity index is 1320. The second-order valence-electron chi connectivity index (χ2n) is 8.50. The van der Waals surface area contributed by atoms with Gasteiger partial charge in [-0.2, -0.15) is 0 Å². The van der Waals surface area contributed by atoms with Gasteiger partial charge in [-0.25, -0.2) is 0 Å². The zero-order valence-electron chi connectivity index (χ0n) is 18.2. The van der Waals surface area contributed by atoms with Gasteiger partial charge >= 0.3 is 0 Å². The molecule has 174 valence electrons. The van der Waals surface area contributed by atoms with Gasteiger partial charge in [-0.05, 0) is 17.7 Å². The van der Waals surface area contributed by atoms with Crippen LogP contribution in [0.2, 0.25) is 0 Å². The van der Waals surface area contributed by atoms with Gasteiger partial charge in [-0.3, -0.25) is 19.2 Å². The average molecular weight is 461 g/mol. The molecule has 3 aromatic rings. The minimum Gasteiger partial charge on any atom is -0.483 e. The van der Waals surface area contributed by atoms with E-state index in [4.69, 9.17) is 14.6 Å². The first-order valence-corrected chi connectivity index (χ1v) is 11.0. The molecule has 4 heterocycles. The van der Waals surface area contributed by atoms with Crippen LogP contribution in [0.5, 0.6) is 0 Å². The molecule has 3 fully saturated rings.